The van der Waals surface area contributed by atoms with Gasteiger partial charge in [0.25, 0.3) is 5.91 Å². The van der Waals surface area contributed by atoms with Gasteiger partial charge in [0, 0.05) is 49.3 Å². The molecule has 0 saturated carbocycles. The number of aryl methyl sites for hydroxylation is 1. The van der Waals surface area contributed by atoms with E-state index in [4.69, 9.17) is 26.0 Å². The molecule has 4 aromatic rings. The summed E-state index contributed by atoms with van der Waals surface area (Å²) < 4.78 is 5.26. The van der Waals surface area contributed by atoms with Crippen molar-refractivity contribution in [2.24, 2.45) is 0 Å². The second kappa shape index (κ2) is 12.4. The number of carbonyl (C=O) groups is 1. The van der Waals surface area contributed by atoms with E-state index < -0.39 is 0 Å². The second-order valence-electron chi connectivity index (χ2n) is 9.03. The summed E-state index contributed by atoms with van der Waals surface area (Å²) in [7, 11) is 0. The molecule has 1 saturated heterocycles. The van der Waals surface area contributed by atoms with E-state index in [0.717, 1.165) is 77.1 Å². The minimum atomic E-state index is -0.126. The zero-order chi connectivity index (χ0) is 26.3. The molecular weight excluding hydrogens is 518 g/mol. The minimum absolute atomic E-state index is 0.126. The Kier molecular flexibility index (Phi) is 8.51. The molecule has 7 nitrogen and oxygen atoms in total. The zero-order valence-electron chi connectivity index (χ0n) is 21.3. The van der Waals surface area contributed by atoms with Crippen LogP contribution in [0.1, 0.15) is 34.3 Å². The topological polar surface area (TPSA) is 74.5 Å². The number of amides is 1. The summed E-state index contributed by atoms with van der Waals surface area (Å²) in [6.45, 7) is 6.01. The number of halogens is 1. The van der Waals surface area contributed by atoms with Crippen molar-refractivity contribution in [2.45, 2.75) is 30.8 Å². The fourth-order valence-corrected chi connectivity index (χ4v) is 5.42. The summed E-state index contributed by atoms with van der Waals surface area (Å²) in [5.74, 6) is 2.30. The molecule has 3 heterocycles. The molecule has 0 aliphatic carbocycles. The van der Waals surface area contributed by atoms with Gasteiger partial charge in [-0.15, -0.1) is 0 Å². The Balaban J connectivity index is 1.18. The van der Waals surface area contributed by atoms with Crippen LogP contribution in [0.3, 0.4) is 0 Å². The normalized spacial score (nSPS) is 13.5. The minimum Gasteiger partial charge on any atom is -0.467 e. The Labute approximate surface area is 232 Å². The van der Waals surface area contributed by atoms with Crippen molar-refractivity contribution in [1.82, 2.24) is 15.3 Å². The quantitative estimate of drug-likeness (QED) is 0.208. The van der Waals surface area contributed by atoms with Crippen LogP contribution < -0.4 is 15.1 Å². The smallest absolute Gasteiger partial charge is 0.251 e. The molecular formula is C29H30ClN5O2S. The third-order valence-electron chi connectivity index (χ3n) is 6.49. The van der Waals surface area contributed by atoms with Crippen LogP contribution in [-0.4, -0.2) is 42.1 Å². The van der Waals surface area contributed by atoms with Crippen LogP contribution >= 0.6 is 23.4 Å². The fourth-order valence-electron chi connectivity index (χ4n) is 4.33. The Morgan fingerprint density at radius 2 is 1.76 bits per heavy atom. The van der Waals surface area contributed by atoms with Gasteiger partial charge in [0.15, 0.2) is 5.16 Å². The standard InChI is InChI=1S/C29H30ClN5O2S/c1-2-23-18-27(35-15-13-34(14-16-35)26-8-4-3-7-25(26)30)33-29(32-23)38-20-21-9-11-22(12-10-21)28(36)31-19-24-6-5-17-37-24/h3-12,17-18H,2,13-16,19-20H2,1H3,(H,31,36). The summed E-state index contributed by atoms with van der Waals surface area (Å²) in [6, 6.07) is 21.4. The number of piperazine rings is 1. The molecule has 38 heavy (non-hydrogen) atoms. The molecule has 1 aliphatic heterocycles. The van der Waals surface area contributed by atoms with Gasteiger partial charge >= 0.3 is 0 Å². The Morgan fingerprint density at radius 1 is 1.00 bits per heavy atom. The average molecular weight is 548 g/mol. The van der Waals surface area contributed by atoms with Crippen molar-refractivity contribution in [2.75, 3.05) is 36.0 Å². The number of thioether (sulfide) groups is 1. The number of benzene rings is 2. The molecule has 1 amide bonds. The lowest BCUT2D eigenvalue weighted by atomic mass is 10.1. The fraction of sp³-hybridized carbons (Fsp3) is 0.276. The Morgan fingerprint density at radius 3 is 2.47 bits per heavy atom. The van der Waals surface area contributed by atoms with E-state index in [1.807, 2.05) is 48.5 Å². The van der Waals surface area contributed by atoms with Gasteiger partial charge in [-0.2, -0.15) is 0 Å². The number of anilines is 2. The van der Waals surface area contributed by atoms with Gasteiger partial charge in [-0.05, 0) is 48.4 Å². The van der Waals surface area contributed by atoms with Crippen molar-refractivity contribution in [3.63, 3.8) is 0 Å². The number of carbonyl (C=O) groups excluding carboxylic acids is 1. The first-order chi connectivity index (χ1) is 18.6. The summed E-state index contributed by atoms with van der Waals surface area (Å²) in [4.78, 5) is 26.7. The van der Waals surface area contributed by atoms with Crippen molar-refractivity contribution < 1.29 is 9.21 Å². The van der Waals surface area contributed by atoms with Gasteiger partial charge in [-0.3, -0.25) is 4.79 Å². The highest BCUT2D eigenvalue weighted by molar-refractivity contribution is 7.98. The maximum absolute atomic E-state index is 12.4. The predicted molar refractivity (Wildman–Crippen MR) is 153 cm³/mol. The number of nitrogens with zero attached hydrogens (tertiary/aromatic N) is 4. The molecule has 196 valence electrons. The molecule has 2 aromatic carbocycles. The molecule has 0 unspecified atom stereocenters. The largest absolute Gasteiger partial charge is 0.467 e. The van der Waals surface area contributed by atoms with Gasteiger partial charge in [0.2, 0.25) is 0 Å². The van der Waals surface area contributed by atoms with Crippen molar-refractivity contribution >= 4 is 40.8 Å². The maximum atomic E-state index is 12.4. The van der Waals surface area contributed by atoms with Crippen LogP contribution in [0, 0.1) is 0 Å². The molecule has 0 spiro atoms. The number of rotatable bonds is 9. The second-order valence-corrected chi connectivity index (χ2v) is 10.4. The van der Waals surface area contributed by atoms with E-state index in [1.54, 1.807) is 24.1 Å². The van der Waals surface area contributed by atoms with E-state index in [0.29, 0.717) is 12.1 Å². The Bertz CT molecular complexity index is 1360. The van der Waals surface area contributed by atoms with Crippen LogP contribution in [0.4, 0.5) is 11.5 Å². The zero-order valence-corrected chi connectivity index (χ0v) is 22.8. The highest BCUT2D eigenvalue weighted by atomic mass is 35.5. The molecule has 1 N–H and O–H groups in total. The van der Waals surface area contributed by atoms with Gasteiger partial charge in [-0.1, -0.05) is 54.6 Å². The first-order valence-corrected chi connectivity index (χ1v) is 14.1. The molecule has 0 radical (unpaired) electrons. The van der Waals surface area contributed by atoms with E-state index in [2.05, 4.69) is 34.2 Å². The first kappa shape index (κ1) is 26.1. The number of furan rings is 1. The number of hydrogen-bond donors (Lipinski definition) is 1. The molecule has 5 rings (SSSR count). The van der Waals surface area contributed by atoms with Crippen molar-refractivity contribution in [3.05, 3.63) is 101 Å². The first-order valence-electron chi connectivity index (χ1n) is 12.7. The van der Waals surface area contributed by atoms with E-state index in [1.165, 1.54) is 0 Å². The third kappa shape index (κ3) is 6.49. The van der Waals surface area contributed by atoms with Crippen LogP contribution in [-0.2, 0) is 18.7 Å². The summed E-state index contributed by atoms with van der Waals surface area (Å²) >= 11 is 8.03. The number of hydrogen-bond acceptors (Lipinski definition) is 7. The van der Waals surface area contributed by atoms with E-state index >= 15 is 0 Å². The van der Waals surface area contributed by atoms with E-state index in [9.17, 15) is 4.79 Å². The number of para-hydroxylation sites is 1. The van der Waals surface area contributed by atoms with Crippen molar-refractivity contribution in [1.29, 1.82) is 0 Å². The highest BCUT2D eigenvalue weighted by Crippen LogP contribution is 2.28. The molecule has 0 atom stereocenters. The lowest BCUT2D eigenvalue weighted by molar-refractivity contribution is 0.0948. The van der Waals surface area contributed by atoms with Gasteiger partial charge in [-0.25, -0.2) is 9.97 Å². The van der Waals surface area contributed by atoms with Gasteiger partial charge in [0.1, 0.15) is 11.6 Å². The number of nitrogens with one attached hydrogen (secondary N) is 1. The average Bonchev–Trinajstić information content (AvgIpc) is 3.49. The molecule has 2 aromatic heterocycles. The van der Waals surface area contributed by atoms with Gasteiger partial charge in [0.05, 0.1) is 23.5 Å². The van der Waals surface area contributed by atoms with Crippen LogP contribution in [0.2, 0.25) is 5.02 Å². The van der Waals surface area contributed by atoms with E-state index in [-0.39, 0.29) is 5.91 Å². The van der Waals surface area contributed by atoms with Crippen LogP contribution in [0.15, 0.2) is 82.6 Å². The van der Waals surface area contributed by atoms with Crippen molar-refractivity contribution in [3.8, 4) is 0 Å². The van der Waals surface area contributed by atoms with Gasteiger partial charge < -0.3 is 19.5 Å². The lowest BCUT2D eigenvalue weighted by Gasteiger charge is -2.37. The molecule has 1 aliphatic rings. The van der Waals surface area contributed by atoms with Crippen LogP contribution in [0.5, 0.6) is 0 Å². The third-order valence-corrected chi connectivity index (χ3v) is 7.73. The summed E-state index contributed by atoms with van der Waals surface area (Å²) in [6.07, 6.45) is 2.45. The molecule has 0 bridgehead atoms. The highest BCUT2D eigenvalue weighted by Gasteiger charge is 2.21. The lowest BCUT2D eigenvalue weighted by Crippen LogP contribution is -2.47. The SMILES string of the molecule is CCc1cc(N2CCN(c3ccccc3Cl)CC2)nc(SCc2ccc(C(=O)NCc3ccco3)cc2)n1. The monoisotopic (exact) mass is 547 g/mol. The predicted octanol–water partition coefficient (Wildman–Crippen LogP) is 5.83. The maximum Gasteiger partial charge on any atom is 0.251 e. The molecule has 9 heteroatoms. The van der Waals surface area contributed by atoms with Crippen LogP contribution in [0.25, 0.3) is 0 Å². The summed E-state index contributed by atoms with van der Waals surface area (Å²) in [5, 5.41) is 4.43. The summed E-state index contributed by atoms with van der Waals surface area (Å²) in [5.41, 5.74) is 3.85. The Hall–Kier alpha value is -3.49. The number of aromatic nitrogens is 2. The molecule has 1 fully saturated rings.